The van der Waals surface area contributed by atoms with Gasteiger partial charge in [-0.25, -0.2) is 0 Å². The van der Waals surface area contributed by atoms with E-state index in [9.17, 15) is 0 Å². The maximum absolute atomic E-state index is 6.09. The van der Waals surface area contributed by atoms with Gasteiger partial charge in [0.1, 0.15) is 11.3 Å². The van der Waals surface area contributed by atoms with Crippen LogP contribution >= 0.6 is 0 Å². The molecule has 0 aliphatic rings. The maximum atomic E-state index is 6.09. The Morgan fingerprint density at radius 2 is 1.69 bits per heavy atom. The molecular formula is C21H25NO4. The Labute approximate surface area is 153 Å². The van der Waals surface area contributed by atoms with E-state index in [4.69, 9.17) is 18.6 Å². The van der Waals surface area contributed by atoms with Gasteiger partial charge in [0, 0.05) is 36.6 Å². The molecule has 0 atom stereocenters. The highest BCUT2D eigenvalue weighted by Gasteiger charge is 2.19. The highest BCUT2D eigenvalue weighted by molar-refractivity contribution is 5.91. The molecule has 0 radical (unpaired) electrons. The summed E-state index contributed by atoms with van der Waals surface area (Å²) in [6.07, 6.45) is 3.24. The van der Waals surface area contributed by atoms with Crippen molar-refractivity contribution < 1.29 is 18.6 Å². The lowest BCUT2D eigenvalue weighted by Crippen LogP contribution is -2.07. The number of ether oxygens (including phenoxy) is 3. The lowest BCUT2D eigenvalue weighted by Gasteiger charge is -2.13. The Bertz CT molecular complexity index is 833. The SMILES string of the molecule is CCOC(OCC)c1cc2cncc(-c3ccc(OC(C)C)cc3)c2o1. The highest BCUT2D eigenvalue weighted by Crippen LogP contribution is 2.34. The summed E-state index contributed by atoms with van der Waals surface area (Å²) in [5.74, 6) is 1.49. The van der Waals surface area contributed by atoms with Gasteiger partial charge in [-0.3, -0.25) is 4.98 Å². The first-order chi connectivity index (χ1) is 12.6. The number of rotatable bonds is 8. The van der Waals surface area contributed by atoms with Gasteiger partial charge in [-0.2, -0.15) is 0 Å². The third-order valence-electron chi connectivity index (χ3n) is 3.85. The quantitative estimate of drug-likeness (QED) is 0.510. The zero-order chi connectivity index (χ0) is 18.5. The second-order valence-corrected chi connectivity index (χ2v) is 6.19. The predicted octanol–water partition coefficient (Wildman–Crippen LogP) is 5.35. The summed E-state index contributed by atoms with van der Waals surface area (Å²) >= 11 is 0. The lowest BCUT2D eigenvalue weighted by atomic mass is 10.1. The van der Waals surface area contributed by atoms with Gasteiger partial charge in [0.25, 0.3) is 0 Å². The van der Waals surface area contributed by atoms with Crippen molar-refractivity contribution in [3.63, 3.8) is 0 Å². The number of pyridine rings is 1. The van der Waals surface area contributed by atoms with Crippen LogP contribution in [0, 0.1) is 0 Å². The molecule has 0 N–H and O–H groups in total. The molecule has 138 valence electrons. The van der Waals surface area contributed by atoms with E-state index in [-0.39, 0.29) is 6.10 Å². The Morgan fingerprint density at radius 3 is 2.31 bits per heavy atom. The van der Waals surface area contributed by atoms with Crippen LogP contribution in [0.3, 0.4) is 0 Å². The molecule has 2 aromatic heterocycles. The summed E-state index contributed by atoms with van der Waals surface area (Å²) < 4.78 is 23.1. The van der Waals surface area contributed by atoms with E-state index in [1.165, 1.54) is 0 Å². The topological polar surface area (TPSA) is 53.7 Å². The van der Waals surface area contributed by atoms with Crippen molar-refractivity contribution in [3.05, 3.63) is 48.5 Å². The smallest absolute Gasteiger partial charge is 0.217 e. The van der Waals surface area contributed by atoms with Crippen LogP contribution in [0.1, 0.15) is 39.7 Å². The predicted molar refractivity (Wildman–Crippen MR) is 101 cm³/mol. The summed E-state index contributed by atoms with van der Waals surface area (Å²) in [5, 5.41) is 0.921. The molecule has 0 spiro atoms. The molecule has 0 saturated heterocycles. The molecule has 0 unspecified atom stereocenters. The van der Waals surface area contributed by atoms with Crippen LogP contribution in [-0.2, 0) is 9.47 Å². The largest absolute Gasteiger partial charge is 0.491 e. The molecule has 0 amide bonds. The van der Waals surface area contributed by atoms with E-state index in [0.717, 1.165) is 27.8 Å². The molecule has 2 heterocycles. The van der Waals surface area contributed by atoms with Gasteiger partial charge < -0.3 is 18.6 Å². The number of fused-ring (bicyclic) bond motifs is 1. The fourth-order valence-electron chi connectivity index (χ4n) is 2.80. The fraction of sp³-hybridized carbons (Fsp3) is 0.381. The third kappa shape index (κ3) is 4.06. The molecule has 1 aromatic carbocycles. The summed E-state index contributed by atoms with van der Waals surface area (Å²) in [5.41, 5.74) is 2.72. The van der Waals surface area contributed by atoms with Crippen molar-refractivity contribution in [3.8, 4) is 16.9 Å². The van der Waals surface area contributed by atoms with Crippen molar-refractivity contribution in [1.82, 2.24) is 4.98 Å². The van der Waals surface area contributed by atoms with Crippen LogP contribution in [0.15, 0.2) is 47.1 Å². The van der Waals surface area contributed by atoms with E-state index >= 15 is 0 Å². The molecule has 5 heteroatoms. The molecule has 0 saturated carbocycles. The average Bonchev–Trinajstić information content (AvgIpc) is 3.06. The van der Waals surface area contributed by atoms with Gasteiger partial charge >= 0.3 is 0 Å². The summed E-state index contributed by atoms with van der Waals surface area (Å²) in [6.45, 7) is 8.98. The number of hydrogen-bond acceptors (Lipinski definition) is 5. The first-order valence-corrected chi connectivity index (χ1v) is 9.00. The zero-order valence-electron chi connectivity index (χ0n) is 15.7. The molecule has 3 aromatic rings. The Kier molecular flexibility index (Phi) is 5.91. The second-order valence-electron chi connectivity index (χ2n) is 6.19. The van der Waals surface area contributed by atoms with Crippen molar-refractivity contribution in [2.24, 2.45) is 0 Å². The number of hydrogen-bond donors (Lipinski definition) is 0. The van der Waals surface area contributed by atoms with Crippen molar-refractivity contribution in [2.45, 2.75) is 40.1 Å². The van der Waals surface area contributed by atoms with Gasteiger partial charge in [-0.15, -0.1) is 0 Å². The molecule has 26 heavy (non-hydrogen) atoms. The molecule has 0 bridgehead atoms. The molecule has 0 aliphatic carbocycles. The summed E-state index contributed by atoms with van der Waals surface area (Å²) in [6, 6.07) is 9.87. The first kappa shape index (κ1) is 18.4. The number of furan rings is 1. The van der Waals surface area contributed by atoms with E-state index in [0.29, 0.717) is 19.0 Å². The zero-order valence-corrected chi connectivity index (χ0v) is 15.7. The fourth-order valence-corrected chi connectivity index (χ4v) is 2.80. The molecule has 0 fully saturated rings. The Hall–Kier alpha value is -2.37. The molecular weight excluding hydrogens is 330 g/mol. The van der Waals surface area contributed by atoms with Crippen molar-refractivity contribution >= 4 is 11.0 Å². The summed E-state index contributed by atoms with van der Waals surface area (Å²) in [7, 11) is 0. The molecule has 5 nitrogen and oxygen atoms in total. The maximum Gasteiger partial charge on any atom is 0.217 e. The van der Waals surface area contributed by atoms with Crippen LogP contribution in [-0.4, -0.2) is 24.3 Å². The van der Waals surface area contributed by atoms with Crippen LogP contribution in [0.25, 0.3) is 22.1 Å². The van der Waals surface area contributed by atoms with Crippen LogP contribution in [0.2, 0.25) is 0 Å². The normalized spacial score (nSPS) is 11.6. The monoisotopic (exact) mass is 355 g/mol. The number of benzene rings is 1. The van der Waals surface area contributed by atoms with Gasteiger partial charge in [0.05, 0.1) is 6.10 Å². The average molecular weight is 355 g/mol. The minimum Gasteiger partial charge on any atom is -0.491 e. The van der Waals surface area contributed by atoms with Crippen LogP contribution in [0.5, 0.6) is 5.75 Å². The van der Waals surface area contributed by atoms with Gasteiger partial charge in [-0.05, 0) is 51.5 Å². The first-order valence-electron chi connectivity index (χ1n) is 9.00. The van der Waals surface area contributed by atoms with Crippen LogP contribution in [0.4, 0.5) is 0 Å². The van der Waals surface area contributed by atoms with E-state index in [2.05, 4.69) is 4.98 Å². The van der Waals surface area contributed by atoms with Gasteiger partial charge in [0.15, 0.2) is 5.76 Å². The Morgan fingerprint density at radius 1 is 1.00 bits per heavy atom. The number of aromatic nitrogens is 1. The lowest BCUT2D eigenvalue weighted by molar-refractivity contribution is -0.150. The van der Waals surface area contributed by atoms with E-state index < -0.39 is 6.29 Å². The molecule has 3 rings (SSSR count). The minimum atomic E-state index is -0.507. The standard InChI is InChI=1S/C21H25NO4/c1-5-23-21(24-6-2)19-11-16-12-22-13-18(20(16)26-19)15-7-9-17(10-8-15)25-14(3)4/h7-14,21H,5-6H2,1-4H3. The van der Waals surface area contributed by atoms with E-state index in [1.807, 2.05) is 64.2 Å². The van der Waals surface area contributed by atoms with E-state index in [1.54, 1.807) is 6.20 Å². The Balaban J connectivity index is 1.96. The highest BCUT2D eigenvalue weighted by atomic mass is 16.7. The molecule has 0 aliphatic heterocycles. The van der Waals surface area contributed by atoms with Gasteiger partial charge in [0.2, 0.25) is 6.29 Å². The summed E-state index contributed by atoms with van der Waals surface area (Å²) in [4.78, 5) is 4.35. The van der Waals surface area contributed by atoms with Crippen LogP contribution < -0.4 is 4.74 Å². The minimum absolute atomic E-state index is 0.146. The van der Waals surface area contributed by atoms with Gasteiger partial charge in [-0.1, -0.05) is 12.1 Å². The third-order valence-corrected chi connectivity index (χ3v) is 3.85. The number of nitrogens with zero attached hydrogens (tertiary/aromatic N) is 1. The van der Waals surface area contributed by atoms with Crippen molar-refractivity contribution in [1.29, 1.82) is 0 Å². The van der Waals surface area contributed by atoms with Crippen molar-refractivity contribution in [2.75, 3.05) is 13.2 Å². The second kappa shape index (κ2) is 8.34.